The highest BCUT2D eigenvalue weighted by Gasteiger charge is 2.64. The number of methoxy groups -OCH3 is 1. The van der Waals surface area contributed by atoms with Crippen molar-refractivity contribution >= 4 is 44.6 Å². The second-order valence-electron chi connectivity index (χ2n) is 17.5. The fraction of sp³-hybridized carbons (Fsp3) is 0.643. The van der Waals surface area contributed by atoms with Gasteiger partial charge in [-0.25, -0.2) is 13.4 Å². The smallest absolute Gasteiger partial charge is 0.306 e. The molecule has 56 heavy (non-hydrogen) atoms. The summed E-state index contributed by atoms with van der Waals surface area (Å²) >= 11 is 0. The standard InChI is InChI=1S/C42H54N4O9S/c1-26-36-31(32-21-30(53-3)14-15-33(32)43-26)16-17-41(55-36)23-34-37(48)44-42(39(50)45-56(51,52)40(2)18-19-40)22-29(42)13-8-6-4-5-7-12-28(38(49)46(34)25-41)20-35(47)54-24-27-10-9-11-27/h8,13-15,21,27-29,34H,4-7,9-12,16-20,22-25H2,1-3H3,(H,44,48)(H,45,50)/b13-8-/t28-,29-,34+,41-,42-/m1/s1. The number of fused-ring (bicyclic) bond motifs is 5. The van der Waals surface area contributed by atoms with Gasteiger partial charge in [-0.05, 0) is 102 Å². The average Bonchev–Trinajstić information content (AvgIpc) is 4.04. The fourth-order valence-electron chi connectivity index (χ4n) is 9.06. The number of nitrogens with zero attached hydrogens (tertiary/aromatic N) is 2. The Morgan fingerprint density at radius 2 is 1.88 bits per heavy atom. The van der Waals surface area contributed by atoms with Gasteiger partial charge in [0.1, 0.15) is 28.7 Å². The van der Waals surface area contributed by atoms with E-state index in [1.165, 1.54) is 0 Å². The lowest BCUT2D eigenvalue weighted by Crippen LogP contribution is -2.57. The van der Waals surface area contributed by atoms with E-state index in [1.807, 2.05) is 37.3 Å². The highest BCUT2D eigenvalue weighted by atomic mass is 32.2. The molecule has 0 radical (unpaired) electrons. The van der Waals surface area contributed by atoms with Gasteiger partial charge in [0.15, 0.2) is 0 Å². The summed E-state index contributed by atoms with van der Waals surface area (Å²) in [5.41, 5.74) is 0.0550. The molecule has 1 aromatic heterocycles. The first-order valence-corrected chi connectivity index (χ1v) is 21.9. The number of amides is 3. The molecule has 4 fully saturated rings. The number of nitrogens with one attached hydrogen (secondary N) is 2. The number of rotatable bonds is 8. The van der Waals surface area contributed by atoms with Crippen molar-refractivity contribution in [3.63, 3.8) is 0 Å². The van der Waals surface area contributed by atoms with E-state index in [9.17, 15) is 27.6 Å². The van der Waals surface area contributed by atoms with Gasteiger partial charge in [0, 0.05) is 29.2 Å². The second-order valence-corrected chi connectivity index (χ2v) is 19.7. The second kappa shape index (κ2) is 14.6. The molecule has 1 aromatic carbocycles. The summed E-state index contributed by atoms with van der Waals surface area (Å²) in [6, 6.07) is 4.69. The third-order valence-corrected chi connectivity index (χ3v) is 15.6. The zero-order valence-corrected chi connectivity index (χ0v) is 33.5. The molecular formula is C42H54N4O9S. The first-order chi connectivity index (χ1) is 26.8. The van der Waals surface area contributed by atoms with E-state index < -0.39 is 61.6 Å². The van der Waals surface area contributed by atoms with Gasteiger partial charge in [-0.2, -0.15) is 0 Å². The van der Waals surface area contributed by atoms with Gasteiger partial charge in [0.05, 0.1) is 42.6 Å². The van der Waals surface area contributed by atoms with Crippen LogP contribution in [0.5, 0.6) is 11.5 Å². The Labute approximate surface area is 328 Å². The maximum Gasteiger partial charge on any atom is 0.306 e. The molecule has 302 valence electrons. The maximum absolute atomic E-state index is 14.8. The van der Waals surface area contributed by atoms with Crippen molar-refractivity contribution in [2.24, 2.45) is 17.8 Å². The lowest BCUT2D eigenvalue weighted by Gasteiger charge is -2.36. The molecule has 1 saturated heterocycles. The van der Waals surface area contributed by atoms with Crippen LogP contribution in [0.15, 0.2) is 30.4 Å². The summed E-state index contributed by atoms with van der Waals surface area (Å²) in [7, 11) is -2.36. The first kappa shape index (κ1) is 38.7. The van der Waals surface area contributed by atoms with Crippen molar-refractivity contribution in [3.8, 4) is 11.5 Å². The summed E-state index contributed by atoms with van der Waals surface area (Å²) in [4.78, 5) is 63.1. The van der Waals surface area contributed by atoms with Crippen LogP contribution in [0, 0.1) is 24.7 Å². The molecule has 2 N–H and O–H groups in total. The number of ether oxygens (including phenoxy) is 3. The minimum Gasteiger partial charge on any atom is -0.497 e. The number of esters is 1. The number of carbonyl (C=O) groups is 4. The summed E-state index contributed by atoms with van der Waals surface area (Å²) in [6.45, 7) is 3.95. The minimum absolute atomic E-state index is 0.0884. The Kier molecular flexibility index (Phi) is 10.1. The number of hydrogen-bond acceptors (Lipinski definition) is 10. The molecule has 2 aromatic rings. The Morgan fingerprint density at radius 3 is 2.61 bits per heavy atom. The van der Waals surface area contributed by atoms with Gasteiger partial charge in [0.2, 0.25) is 21.8 Å². The van der Waals surface area contributed by atoms with Crippen LogP contribution in [-0.4, -0.2) is 84.2 Å². The third kappa shape index (κ3) is 7.26. The molecule has 1 spiro atoms. The molecule has 0 unspecified atom stereocenters. The number of benzene rings is 1. The minimum atomic E-state index is -3.98. The van der Waals surface area contributed by atoms with Crippen molar-refractivity contribution in [2.45, 2.75) is 132 Å². The summed E-state index contributed by atoms with van der Waals surface area (Å²) in [5.74, 6) is -1.49. The molecule has 3 aliphatic carbocycles. The quantitative estimate of drug-likeness (QED) is 0.275. The average molecular weight is 791 g/mol. The molecule has 14 heteroatoms. The van der Waals surface area contributed by atoms with Crippen molar-refractivity contribution in [1.82, 2.24) is 19.9 Å². The Morgan fingerprint density at radius 1 is 1.07 bits per heavy atom. The predicted molar refractivity (Wildman–Crippen MR) is 207 cm³/mol. The van der Waals surface area contributed by atoms with Crippen LogP contribution in [-0.2, 0) is 40.4 Å². The summed E-state index contributed by atoms with van der Waals surface area (Å²) in [5, 5.41) is 3.89. The number of carbonyl (C=O) groups excluding carboxylic acids is 4. The van der Waals surface area contributed by atoms with Crippen LogP contribution in [0.25, 0.3) is 10.9 Å². The number of sulfonamides is 1. The molecule has 3 amide bonds. The van der Waals surface area contributed by atoms with E-state index in [2.05, 4.69) is 10.0 Å². The molecule has 13 nitrogen and oxygen atoms in total. The number of hydrogen-bond donors (Lipinski definition) is 2. The van der Waals surface area contributed by atoms with Crippen LogP contribution >= 0.6 is 0 Å². The van der Waals surface area contributed by atoms with Gasteiger partial charge < -0.3 is 24.4 Å². The number of pyridine rings is 1. The van der Waals surface area contributed by atoms with E-state index in [0.717, 1.165) is 55.0 Å². The maximum atomic E-state index is 14.8. The van der Waals surface area contributed by atoms with Crippen molar-refractivity contribution < 1.29 is 41.8 Å². The van der Waals surface area contributed by atoms with Crippen LogP contribution in [0.3, 0.4) is 0 Å². The molecule has 8 rings (SSSR count). The largest absolute Gasteiger partial charge is 0.497 e. The topological polar surface area (TPSA) is 170 Å². The fourth-order valence-corrected chi connectivity index (χ4v) is 10.4. The van der Waals surface area contributed by atoms with Gasteiger partial charge in [-0.3, -0.25) is 23.9 Å². The van der Waals surface area contributed by atoms with E-state index in [1.54, 1.807) is 18.9 Å². The monoisotopic (exact) mass is 790 g/mol. The normalized spacial score (nSPS) is 30.6. The number of aromatic nitrogens is 1. The van der Waals surface area contributed by atoms with Crippen molar-refractivity contribution in [3.05, 3.63) is 41.6 Å². The first-order valence-electron chi connectivity index (χ1n) is 20.4. The van der Waals surface area contributed by atoms with E-state index in [-0.39, 0.29) is 31.7 Å². The summed E-state index contributed by atoms with van der Waals surface area (Å²) in [6.07, 6.45) is 13.0. The van der Waals surface area contributed by atoms with Crippen molar-refractivity contribution in [1.29, 1.82) is 0 Å². The van der Waals surface area contributed by atoms with Crippen LogP contribution in [0.2, 0.25) is 0 Å². The van der Waals surface area contributed by atoms with E-state index >= 15 is 0 Å². The molecule has 0 bridgehead atoms. The summed E-state index contributed by atoms with van der Waals surface area (Å²) < 4.78 is 45.8. The van der Waals surface area contributed by atoms with Gasteiger partial charge in [-0.1, -0.05) is 31.4 Å². The predicted octanol–water partition coefficient (Wildman–Crippen LogP) is 4.96. The van der Waals surface area contributed by atoms with Crippen LogP contribution in [0.4, 0.5) is 0 Å². The zero-order chi connectivity index (χ0) is 39.5. The van der Waals surface area contributed by atoms with Crippen LogP contribution in [0.1, 0.15) is 108 Å². The molecule has 3 saturated carbocycles. The van der Waals surface area contributed by atoms with Gasteiger partial charge >= 0.3 is 5.97 Å². The molecule has 3 aliphatic heterocycles. The Hall–Kier alpha value is -4.20. The van der Waals surface area contributed by atoms with Crippen LogP contribution < -0.4 is 19.5 Å². The Balaban J connectivity index is 1.12. The Bertz CT molecular complexity index is 2080. The molecular weight excluding hydrogens is 737 g/mol. The molecule has 4 heterocycles. The van der Waals surface area contributed by atoms with Gasteiger partial charge in [-0.15, -0.1) is 0 Å². The third-order valence-electron chi connectivity index (χ3n) is 13.4. The van der Waals surface area contributed by atoms with E-state index in [4.69, 9.17) is 19.2 Å². The lowest BCUT2D eigenvalue weighted by molar-refractivity contribution is -0.152. The van der Waals surface area contributed by atoms with Crippen molar-refractivity contribution in [2.75, 3.05) is 20.3 Å². The molecule has 5 atom stereocenters. The highest BCUT2D eigenvalue weighted by Crippen LogP contribution is 2.49. The number of aryl methyl sites for hydroxylation is 2. The lowest BCUT2D eigenvalue weighted by atomic mass is 9.86. The number of allylic oxidation sites excluding steroid dienone is 1. The van der Waals surface area contributed by atoms with Gasteiger partial charge in [0.25, 0.3) is 5.91 Å². The van der Waals surface area contributed by atoms with E-state index in [0.29, 0.717) is 68.2 Å². The SMILES string of the molecule is COc1ccc2nc(C)c3c(c2c1)CC[C@]1(C[C@H]2C(=O)N[C@]4(C(=O)NS(=O)(=O)C5(C)CC5)C[C@H]4/C=C\CCCCC[C@H](CC(=O)OCC4CCC4)C(=O)N2C1)O3. The zero-order valence-electron chi connectivity index (χ0n) is 32.7. The highest BCUT2D eigenvalue weighted by molar-refractivity contribution is 7.91. The molecule has 6 aliphatic rings.